The van der Waals surface area contributed by atoms with E-state index in [2.05, 4.69) is 10.2 Å². The van der Waals surface area contributed by atoms with Crippen LogP contribution in [-0.2, 0) is 11.3 Å². The Morgan fingerprint density at radius 3 is 2.44 bits per heavy atom. The summed E-state index contributed by atoms with van der Waals surface area (Å²) in [5, 5.41) is 17.1. The van der Waals surface area contributed by atoms with Crippen LogP contribution >= 0.6 is 0 Å². The smallest absolute Gasteiger partial charge is 0.303 e. The molecule has 1 aromatic carbocycles. The quantitative estimate of drug-likeness (QED) is 0.870. The lowest BCUT2D eigenvalue weighted by Gasteiger charge is -1.95. The second-order valence-corrected chi connectivity index (χ2v) is 3.99. The molecular formula is C11H11N3O4. The zero-order valence-corrected chi connectivity index (χ0v) is 9.50. The number of aryl methyl sites for hydroxylation is 1. The van der Waals surface area contributed by atoms with Gasteiger partial charge in [-0.3, -0.25) is 4.79 Å². The minimum absolute atomic E-state index is 0.112. The van der Waals surface area contributed by atoms with Crippen molar-refractivity contribution in [2.24, 2.45) is 0 Å². The molecule has 0 unspecified atom stereocenters. The zero-order valence-electron chi connectivity index (χ0n) is 9.50. The highest BCUT2D eigenvalue weighted by atomic mass is 16.7. The van der Waals surface area contributed by atoms with Crippen molar-refractivity contribution < 1.29 is 19.4 Å². The van der Waals surface area contributed by atoms with Crippen LogP contribution < -0.4 is 9.47 Å². The van der Waals surface area contributed by atoms with E-state index in [0.717, 1.165) is 11.0 Å². The molecule has 0 fully saturated rings. The van der Waals surface area contributed by atoms with Crippen molar-refractivity contribution in [1.82, 2.24) is 15.0 Å². The molecule has 1 aliphatic rings. The third-order valence-corrected chi connectivity index (χ3v) is 2.66. The summed E-state index contributed by atoms with van der Waals surface area (Å²) in [4.78, 5) is 11.9. The number of aromatic nitrogens is 3. The first-order chi connectivity index (χ1) is 8.72. The summed E-state index contributed by atoms with van der Waals surface area (Å²) in [6.07, 6.45) is 0.615. The number of hydrogen-bond acceptors (Lipinski definition) is 5. The molecule has 0 spiro atoms. The summed E-state index contributed by atoms with van der Waals surface area (Å²) >= 11 is 0. The van der Waals surface area contributed by atoms with Gasteiger partial charge in [0.25, 0.3) is 0 Å². The van der Waals surface area contributed by atoms with Crippen molar-refractivity contribution in [3.63, 3.8) is 0 Å². The molecule has 1 N–H and O–H groups in total. The van der Waals surface area contributed by atoms with E-state index >= 15 is 0 Å². The fourth-order valence-corrected chi connectivity index (χ4v) is 1.82. The van der Waals surface area contributed by atoms with Gasteiger partial charge in [0.05, 0.1) is 6.54 Å². The van der Waals surface area contributed by atoms with Crippen LogP contribution in [0.25, 0.3) is 11.0 Å². The average molecular weight is 249 g/mol. The molecule has 0 saturated heterocycles. The second kappa shape index (κ2) is 4.17. The van der Waals surface area contributed by atoms with Crippen LogP contribution in [0.5, 0.6) is 11.5 Å². The topological polar surface area (TPSA) is 86.5 Å². The Hall–Kier alpha value is -2.31. The van der Waals surface area contributed by atoms with Crippen molar-refractivity contribution >= 4 is 17.0 Å². The molecule has 18 heavy (non-hydrogen) atoms. The number of carboxylic acid groups (broad SMARTS) is 1. The molecule has 7 heteroatoms. The van der Waals surface area contributed by atoms with E-state index in [4.69, 9.17) is 14.6 Å². The maximum absolute atomic E-state index is 10.4. The summed E-state index contributed by atoms with van der Waals surface area (Å²) in [6.45, 7) is 0.702. The molecule has 2 aromatic rings. The number of benzene rings is 1. The summed E-state index contributed by atoms with van der Waals surface area (Å²) in [6, 6.07) is 3.55. The standard InChI is InChI=1S/C11H11N3O4/c15-11(16)2-1-3-14-12-7-4-9-10(18-6-17-9)5-8(7)13-14/h4-5H,1-3,6H2,(H,15,16). The molecule has 94 valence electrons. The van der Waals surface area contributed by atoms with E-state index in [-0.39, 0.29) is 13.2 Å². The van der Waals surface area contributed by atoms with Crippen molar-refractivity contribution in [1.29, 1.82) is 0 Å². The lowest BCUT2D eigenvalue weighted by Crippen LogP contribution is -2.04. The van der Waals surface area contributed by atoms with E-state index in [1.165, 1.54) is 4.80 Å². The van der Waals surface area contributed by atoms with E-state index in [1.54, 1.807) is 12.1 Å². The van der Waals surface area contributed by atoms with Gasteiger partial charge in [0, 0.05) is 18.6 Å². The second-order valence-electron chi connectivity index (χ2n) is 3.99. The van der Waals surface area contributed by atoms with Crippen molar-refractivity contribution in [3.05, 3.63) is 12.1 Å². The summed E-state index contributed by atoms with van der Waals surface area (Å²) in [5.74, 6) is 0.521. The molecule has 7 nitrogen and oxygen atoms in total. The molecule has 0 amide bonds. The number of carbonyl (C=O) groups is 1. The number of hydrogen-bond donors (Lipinski definition) is 1. The SMILES string of the molecule is O=C(O)CCCn1nc2cc3c(cc2n1)OCO3. The van der Waals surface area contributed by atoms with Gasteiger partial charge >= 0.3 is 5.97 Å². The molecule has 1 aromatic heterocycles. The first-order valence-electron chi connectivity index (χ1n) is 5.59. The van der Waals surface area contributed by atoms with Crippen LogP contribution in [0.1, 0.15) is 12.8 Å². The first kappa shape index (κ1) is 10.8. The van der Waals surface area contributed by atoms with Gasteiger partial charge in [-0.25, -0.2) is 0 Å². The van der Waals surface area contributed by atoms with Gasteiger partial charge in [-0.1, -0.05) is 0 Å². The van der Waals surface area contributed by atoms with Crippen LogP contribution in [0, 0.1) is 0 Å². The van der Waals surface area contributed by atoms with Gasteiger partial charge in [-0.2, -0.15) is 15.0 Å². The Balaban J connectivity index is 1.81. The molecule has 0 atom stereocenters. The summed E-state index contributed by atoms with van der Waals surface area (Å²) < 4.78 is 10.5. The highest BCUT2D eigenvalue weighted by Crippen LogP contribution is 2.34. The van der Waals surface area contributed by atoms with E-state index < -0.39 is 5.97 Å². The van der Waals surface area contributed by atoms with Crippen LogP contribution in [0.2, 0.25) is 0 Å². The highest BCUT2D eigenvalue weighted by molar-refractivity contribution is 5.78. The molecule has 0 aliphatic carbocycles. The Bertz CT molecular complexity index is 567. The molecule has 2 heterocycles. The molecule has 0 radical (unpaired) electrons. The molecule has 0 saturated carbocycles. The average Bonchev–Trinajstić information content (AvgIpc) is 2.89. The number of carboxylic acids is 1. The fourth-order valence-electron chi connectivity index (χ4n) is 1.82. The van der Waals surface area contributed by atoms with E-state index in [1.807, 2.05) is 0 Å². The number of nitrogens with zero attached hydrogens (tertiary/aromatic N) is 3. The Labute approximate surface area is 102 Å². The largest absolute Gasteiger partial charge is 0.481 e. The zero-order chi connectivity index (χ0) is 12.5. The number of fused-ring (bicyclic) bond motifs is 2. The van der Waals surface area contributed by atoms with Gasteiger partial charge in [0.1, 0.15) is 11.0 Å². The number of rotatable bonds is 4. The van der Waals surface area contributed by atoms with Crippen molar-refractivity contribution in [3.8, 4) is 11.5 Å². The van der Waals surface area contributed by atoms with Gasteiger partial charge in [0.2, 0.25) is 6.79 Å². The maximum atomic E-state index is 10.4. The molecule has 1 aliphatic heterocycles. The van der Waals surface area contributed by atoms with Gasteiger partial charge in [-0.15, -0.1) is 0 Å². The highest BCUT2D eigenvalue weighted by Gasteiger charge is 2.16. The van der Waals surface area contributed by atoms with Crippen molar-refractivity contribution in [2.45, 2.75) is 19.4 Å². The van der Waals surface area contributed by atoms with Gasteiger partial charge < -0.3 is 14.6 Å². The number of aliphatic carboxylic acids is 1. The van der Waals surface area contributed by atoms with Crippen LogP contribution in [-0.4, -0.2) is 32.9 Å². The van der Waals surface area contributed by atoms with Crippen LogP contribution in [0.3, 0.4) is 0 Å². The third kappa shape index (κ3) is 1.94. The van der Waals surface area contributed by atoms with Crippen LogP contribution in [0.15, 0.2) is 12.1 Å². The first-order valence-corrected chi connectivity index (χ1v) is 5.59. The number of ether oxygens (including phenoxy) is 2. The summed E-state index contributed by atoms with van der Waals surface area (Å²) in [7, 11) is 0. The molecular weight excluding hydrogens is 238 g/mol. The molecule has 0 bridgehead atoms. The maximum Gasteiger partial charge on any atom is 0.303 e. The van der Waals surface area contributed by atoms with Crippen molar-refractivity contribution in [2.75, 3.05) is 6.79 Å². The Morgan fingerprint density at radius 1 is 1.28 bits per heavy atom. The van der Waals surface area contributed by atoms with Crippen LogP contribution in [0.4, 0.5) is 0 Å². The lowest BCUT2D eigenvalue weighted by molar-refractivity contribution is -0.137. The van der Waals surface area contributed by atoms with E-state index in [0.29, 0.717) is 24.5 Å². The predicted octanol–water partition coefficient (Wildman–Crippen LogP) is 1.02. The summed E-state index contributed by atoms with van der Waals surface area (Å²) in [5.41, 5.74) is 1.43. The Morgan fingerprint density at radius 2 is 1.89 bits per heavy atom. The third-order valence-electron chi connectivity index (χ3n) is 2.66. The Kier molecular flexibility index (Phi) is 2.51. The minimum Gasteiger partial charge on any atom is -0.481 e. The monoisotopic (exact) mass is 249 g/mol. The normalized spacial score (nSPS) is 13.1. The fraction of sp³-hybridized carbons (Fsp3) is 0.364. The predicted molar refractivity (Wildman–Crippen MR) is 60.5 cm³/mol. The van der Waals surface area contributed by atoms with Gasteiger partial charge in [-0.05, 0) is 6.42 Å². The van der Waals surface area contributed by atoms with Gasteiger partial charge in [0.15, 0.2) is 11.5 Å². The lowest BCUT2D eigenvalue weighted by atomic mass is 10.3. The minimum atomic E-state index is -0.813. The molecule has 3 rings (SSSR count). The van der Waals surface area contributed by atoms with E-state index in [9.17, 15) is 4.79 Å².